The molecule has 0 spiro atoms. The van der Waals surface area contributed by atoms with Crippen molar-refractivity contribution in [1.82, 2.24) is 5.32 Å². The van der Waals surface area contributed by atoms with E-state index in [1.807, 2.05) is 18.2 Å². The number of amides is 1. The van der Waals surface area contributed by atoms with Crippen LogP contribution in [0.4, 0.5) is 0 Å². The molecule has 1 heterocycles. The Hall–Kier alpha value is -2.13. The SMILES string of the molecule is O=C(Cc1ccc(-c2ccccc2)cc1)NCC[NH+]1CCCCC1. The topological polar surface area (TPSA) is 33.5 Å². The zero-order valence-electron chi connectivity index (χ0n) is 14.3. The second-order valence-corrected chi connectivity index (χ2v) is 6.65. The zero-order chi connectivity index (χ0) is 16.6. The molecule has 0 bridgehead atoms. The number of piperidine rings is 1. The van der Waals surface area contributed by atoms with Gasteiger partial charge in [-0.1, -0.05) is 54.6 Å². The van der Waals surface area contributed by atoms with Gasteiger partial charge in [-0.25, -0.2) is 0 Å². The summed E-state index contributed by atoms with van der Waals surface area (Å²) in [5, 5.41) is 3.06. The third kappa shape index (κ3) is 4.93. The Morgan fingerprint density at radius 2 is 1.54 bits per heavy atom. The first kappa shape index (κ1) is 16.7. The molecule has 1 fully saturated rings. The summed E-state index contributed by atoms with van der Waals surface area (Å²) in [6.07, 6.45) is 4.49. The van der Waals surface area contributed by atoms with E-state index >= 15 is 0 Å². The molecular formula is C21H27N2O+. The number of carbonyl (C=O) groups is 1. The van der Waals surface area contributed by atoms with Gasteiger partial charge in [0.1, 0.15) is 0 Å². The minimum atomic E-state index is 0.124. The molecule has 0 aromatic heterocycles. The highest BCUT2D eigenvalue weighted by atomic mass is 16.1. The van der Waals surface area contributed by atoms with E-state index in [2.05, 4.69) is 41.7 Å². The van der Waals surface area contributed by atoms with Gasteiger partial charge in [-0.15, -0.1) is 0 Å². The molecule has 24 heavy (non-hydrogen) atoms. The predicted octanol–water partition coefficient (Wildman–Crippen LogP) is 2.08. The lowest BCUT2D eigenvalue weighted by atomic mass is 10.0. The van der Waals surface area contributed by atoms with Crippen LogP contribution in [0.25, 0.3) is 11.1 Å². The second kappa shape index (κ2) is 8.65. The number of quaternary nitrogens is 1. The lowest BCUT2D eigenvalue weighted by Crippen LogP contribution is -3.13. The number of hydrogen-bond acceptors (Lipinski definition) is 1. The molecular weight excluding hydrogens is 296 g/mol. The normalized spacial score (nSPS) is 15.2. The molecule has 0 atom stereocenters. The molecule has 2 aromatic rings. The van der Waals surface area contributed by atoms with Crippen LogP contribution in [0.3, 0.4) is 0 Å². The largest absolute Gasteiger partial charge is 0.350 e. The molecule has 0 aliphatic carbocycles. The molecule has 1 saturated heterocycles. The highest BCUT2D eigenvalue weighted by Gasteiger charge is 2.13. The average molecular weight is 323 g/mol. The monoisotopic (exact) mass is 323 g/mol. The van der Waals surface area contributed by atoms with Gasteiger partial charge < -0.3 is 10.2 Å². The van der Waals surface area contributed by atoms with Crippen molar-refractivity contribution >= 4 is 5.91 Å². The maximum atomic E-state index is 12.1. The average Bonchev–Trinajstić information content (AvgIpc) is 2.64. The summed E-state index contributed by atoms with van der Waals surface area (Å²) in [4.78, 5) is 13.7. The predicted molar refractivity (Wildman–Crippen MR) is 98.0 cm³/mol. The Balaban J connectivity index is 1.44. The minimum absolute atomic E-state index is 0.124. The standard InChI is InChI=1S/C21H26N2O/c24-21(22-13-16-23-14-5-2-6-15-23)17-18-9-11-20(12-10-18)19-7-3-1-4-8-19/h1,3-4,7-12H,2,5-6,13-17H2,(H,22,24)/p+1. The van der Waals surface area contributed by atoms with Gasteiger partial charge in [0.05, 0.1) is 32.6 Å². The number of hydrogen-bond donors (Lipinski definition) is 2. The van der Waals surface area contributed by atoms with Crippen molar-refractivity contribution < 1.29 is 9.69 Å². The van der Waals surface area contributed by atoms with Gasteiger partial charge in [-0.3, -0.25) is 4.79 Å². The Labute approximate surface area is 144 Å². The van der Waals surface area contributed by atoms with Gasteiger partial charge in [0.15, 0.2) is 0 Å². The van der Waals surface area contributed by atoms with Crippen LogP contribution in [0, 0.1) is 0 Å². The molecule has 2 N–H and O–H groups in total. The Morgan fingerprint density at radius 3 is 2.25 bits per heavy atom. The van der Waals surface area contributed by atoms with E-state index in [4.69, 9.17) is 0 Å². The summed E-state index contributed by atoms with van der Waals surface area (Å²) >= 11 is 0. The van der Waals surface area contributed by atoms with Gasteiger partial charge in [0.2, 0.25) is 5.91 Å². The first-order chi connectivity index (χ1) is 11.8. The fraction of sp³-hybridized carbons (Fsp3) is 0.381. The number of likely N-dealkylation sites (tertiary alicyclic amines) is 1. The first-order valence-corrected chi connectivity index (χ1v) is 9.06. The van der Waals surface area contributed by atoms with Gasteiger partial charge in [-0.2, -0.15) is 0 Å². The molecule has 2 aromatic carbocycles. The van der Waals surface area contributed by atoms with Gasteiger partial charge in [-0.05, 0) is 36.0 Å². The number of rotatable bonds is 6. The molecule has 3 rings (SSSR count). The molecule has 0 unspecified atom stereocenters. The summed E-state index contributed by atoms with van der Waals surface area (Å²) in [5.41, 5.74) is 3.46. The second-order valence-electron chi connectivity index (χ2n) is 6.65. The summed E-state index contributed by atoms with van der Waals surface area (Å²) in [6, 6.07) is 18.6. The molecule has 126 valence electrons. The van der Waals surface area contributed by atoms with E-state index in [1.54, 1.807) is 4.90 Å². The Kier molecular flexibility index (Phi) is 6.02. The van der Waals surface area contributed by atoms with Gasteiger partial charge in [0, 0.05) is 0 Å². The highest BCUT2D eigenvalue weighted by Crippen LogP contribution is 2.19. The smallest absolute Gasteiger partial charge is 0.224 e. The van der Waals surface area contributed by atoms with Crippen LogP contribution in [0.15, 0.2) is 54.6 Å². The van der Waals surface area contributed by atoms with E-state index in [1.165, 1.54) is 43.5 Å². The highest BCUT2D eigenvalue weighted by molar-refractivity contribution is 5.78. The van der Waals surface area contributed by atoms with E-state index in [-0.39, 0.29) is 5.91 Å². The third-order valence-corrected chi connectivity index (χ3v) is 4.79. The van der Waals surface area contributed by atoms with Crippen LogP contribution in [-0.2, 0) is 11.2 Å². The van der Waals surface area contributed by atoms with Gasteiger partial charge >= 0.3 is 0 Å². The number of nitrogens with one attached hydrogen (secondary N) is 2. The Morgan fingerprint density at radius 1 is 0.875 bits per heavy atom. The fourth-order valence-electron chi connectivity index (χ4n) is 3.37. The molecule has 3 heteroatoms. The Bertz CT molecular complexity index is 631. The van der Waals surface area contributed by atoms with Crippen LogP contribution < -0.4 is 10.2 Å². The summed E-state index contributed by atoms with van der Waals surface area (Å²) in [7, 11) is 0. The summed E-state index contributed by atoms with van der Waals surface area (Å²) in [5.74, 6) is 0.124. The zero-order valence-corrected chi connectivity index (χ0v) is 14.3. The van der Waals surface area contributed by atoms with E-state index in [0.29, 0.717) is 6.42 Å². The van der Waals surface area contributed by atoms with Crippen molar-refractivity contribution in [2.24, 2.45) is 0 Å². The third-order valence-electron chi connectivity index (χ3n) is 4.79. The lowest BCUT2D eigenvalue weighted by Gasteiger charge is -2.23. The number of carbonyl (C=O) groups excluding carboxylic acids is 1. The molecule has 1 aliphatic heterocycles. The van der Waals surface area contributed by atoms with Crippen LogP contribution in [0.2, 0.25) is 0 Å². The first-order valence-electron chi connectivity index (χ1n) is 9.06. The van der Waals surface area contributed by atoms with Crippen molar-refractivity contribution in [3.8, 4) is 11.1 Å². The van der Waals surface area contributed by atoms with Crippen LogP contribution in [0.1, 0.15) is 24.8 Å². The van der Waals surface area contributed by atoms with Crippen molar-refractivity contribution in [3.63, 3.8) is 0 Å². The molecule has 0 radical (unpaired) electrons. The van der Waals surface area contributed by atoms with Crippen molar-refractivity contribution in [1.29, 1.82) is 0 Å². The quantitative estimate of drug-likeness (QED) is 0.838. The van der Waals surface area contributed by atoms with E-state index in [9.17, 15) is 4.79 Å². The molecule has 1 amide bonds. The van der Waals surface area contributed by atoms with Crippen molar-refractivity contribution in [3.05, 3.63) is 60.2 Å². The summed E-state index contributed by atoms with van der Waals surface area (Å²) < 4.78 is 0. The van der Waals surface area contributed by atoms with Crippen LogP contribution in [0.5, 0.6) is 0 Å². The maximum Gasteiger partial charge on any atom is 0.224 e. The molecule has 3 nitrogen and oxygen atoms in total. The van der Waals surface area contributed by atoms with Crippen LogP contribution >= 0.6 is 0 Å². The van der Waals surface area contributed by atoms with Crippen LogP contribution in [-0.4, -0.2) is 32.1 Å². The van der Waals surface area contributed by atoms with Gasteiger partial charge in [0.25, 0.3) is 0 Å². The van der Waals surface area contributed by atoms with E-state index in [0.717, 1.165) is 18.7 Å². The number of benzene rings is 2. The van der Waals surface area contributed by atoms with E-state index < -0.39 is 0 Å². The molecule has 1 aliphatic rings. The fourth-order valence-corrected chi connectivity index (χ4v) is 3.37. The van der Waals surface area contributed by atoms with Crippen molar-refractivity contribution in [2.75, 3.05) is 26.2 Å². The summed E-state index contributed by atoms with van der Waals surface area (Å²) in [6.45, 7) is 4.36. The molecule has 0 saturated carbocycles. The van der Waals surface area contributed by atoms with Crippen molar-refractivity contribution in [2.45, 2.75) is 25.7 Å². The maximum absolute atomic E-state index is 12.1. The lowest BCUT2D eigenvalue weighted by molar-refractivity contribution is -0.903. The minimum Gasteiger partial charge on any atom is -0.350 e.